The molecule has 1 rings (SSSR count). The molecule has 0 heterocycles. The highest BCUT2D eigenvalue weighted by Crippen LogP contribution is 2.27. The predicted octanol–water partition coefficient (Wildman–Crippen LogP) is 8.18. The van der Waals surface area contributed by atoms with Crippen molar-refractivity contribution in [3.8, 4) is 0 Å². The lowest BCUT2D eigenvalue weighted by atomic mass is 9.87. The Kier molecular flexibility index (Phi) is 17.2. The number of carbonyl (C=O) groups excluding carboxylic acids is 1. The third-order valence-corrected chi connectivity index (χ3v) is 6.80. The van der Waals surface area contributed by atoms with Gasteiger partial charge in [0.2, 0.25) is 0 Å². The second kappa shape index (κ2) is 19.1. The van der Waals surface area contributed by atoms with Crippen LogP contribution >= 0.6 is 0 Å². The summed E-state index contributed by atoms with van der Waals surface area (Å²) in [5.74, 6) is -0.647. The molecule has 1 aromatic rings. The molecule has 1 aromatic carbocycles. The van der Waals surface area contributed by atoms with Gasteiger partial charge in [-0.05, 0) is 18.4 Å². The van der Waals surface area contributed by atoms with Crippen LogP contribution in [0.2, 0.25) is 0 Å². The lowest BCUT2D eigenvalue weighted by Crippen LogP contribution is -2.41. The molecule has 0 aromatic heterocycles. The summed E-state index contributed by atoms with van der Waals surface area (Å²) < 4.78 is 0. The first kappa shape index (κ1) is 28.7. The Balaban J connectivity index is 1.88. The van der Waals surface area contributed by atoms with E-state index < -0.39 is 11.5 Å². The maximum absolute atomic E-state index is 11.8. The first-order valence-electron chi connectivity index (χ1n) is 13.7. The molecule has 0 bridgehead atoms. The Bertz CT molecular complexity index is 560. The molecular weight excluding hydrogens is 394 g/mol. The molecule has 0 saturated carbocycles. The fraction of sp³-hybridized carbons (Fsp3) is 0.759. The van der Waals surface area contributed by atoms with Crippen LogP contribution in [0, 0.1) is 0 Å². The number of hydrogen-bond acceptors (Lipinski definition) is 2. The molecule has 1 atom stereocenters. The van der Waals surface area contributed by atoms with Crippen LogP contribution in [-0.4, -0.2) is 11.0 Å². The highest BCUT2D eigenvalue weighted by atomic mass is 16.3. The second-order valence-electron chi connectivity index (χ2n) is 9.70. The number of nitrogens with two attached hydrogens (primary N) is 1. The number of primary amides is 1. The molecule has 0 fully saturated rings. The summed E-state index contributed by atoms with van der Waals surface area (Å²) in [6.07, 6.45) is 25.7. The minimum atomic E-state index is -1.53. The molecule has 0 aliphatic heterocycles. The molecule has 0 saturated heterocycles. The van der Waals surface area contributed by atoms with Gasteiger partial charge in [-0.25, -0.2) is 0 Å². The fourth-order valence-electron chi connectivity index (χ4n) is 4.58. The van der Waals surface area contributed by atoms with Gasteiger partial charge in [0.15, 0.2) is 5.60 Å². The first-order chi connectivity index (χ1) is 15.6. The summed E-state index contributed by atoms with van der Waals surface area (Å²) in [6, 6.07) is 9.10. The maximum Gasteiger partial charge on any atom is 0.254 e. The van der Waals surface area contributed by atoms with Gasteiger partial charge in [-0.2, -0.15) is 0 Å². The molecule has 1 unspecified atom stereocenters. The van der Waals surface area contributed by atoms with Crippen LogP contribution in [0.5, 0.6) is 0 Å². The van der Waals surface area contributed by atoms with E-state index in [1.54, 1.807) is 12.1 Å². The number of rotatable bonds is 22. The van der Waals surface area contributed by atoms with E-state index in [1.165, 1.54) is 109 Å². The summed E-state index contributed by atoms with van der Waals surface area (Å²) in [5.41, 5.74) is 4.57. The van der Waals surface area contributed by atoms with Gasteiger partial charge < -0.3 is 10.8 Å². The normalized spacial score (nSPS) is 13.2. The van der Waals surface area contributed by atoms with Crippen molar-refractivity contribution in [2.75, 3.05) is 0 Å². The van der Waals surface area contributed by atoms with Gasteiger partial charge in [-0.1, -0.05) is 153 Å². The quantitative estimate of drug-likeness (QED) is 0.177. The third-order valence-electron chi connectivity index (χ3n) is 6.80. The monoisotopic (exact) mass is 445 g/mol. The van der Waals surface area contributed by atoms with Crippen molar-refractivity contribution in [3.63, 3.8) is 0 Å². The number of amides is 1. The van der Waals surface area contributed by atoms with Crippen LogP contribution in [0.15, 0.2) is 30.3 Å². The lowest BCUT2D eigenvalue weighted by Gasteiger charge is -2.25. The molecule has 0 spiro atoms. The van der Waals surface area contributed by atoms with E-state index in [4.69, 9.17) is 5.73 Å². The van der Waals surface area contributed by atoms with Gasteiger partial charge in [-0.15, -0.1) is 0 Å². The molecule has 0 aliphatic rings. The van der Waals surface area contributed by atoms with Crippen LogP contribution in [0.25, 0.3) is 0 Å². The number of aliphatic hydroxyl groups is 1. The van der Waals surface area contributed by atoms with Crippen LogP contribution < -0.4 is 5.73 Å². The third kappa shape index (κ3) is 13.3. The molecule has 3 nitrogen and oxygen atoms in total. The van der Waals surface area contributed by atoms with E-state index in [2.05, 4.69) is 6.92 Å². The summed E-state index contributed by atoms with van der Waals surface area (Å²) >= 11 is 0. The van der Waals surface area contributed by atoms with Crippen molar-refractivity contribution in [3.05, 3.63) is 35.9 Å². The van der Waals surface area contributed by atoms with E-state index in [1.807, 2.05) is 18.2 Å². The molecule has 1 amide bonds. The zero-order valence-corrected chi connectivity index (χ0v) is 21.0. The van der Waals surface area contributed by atoms with E-state index in [0.717, 1.165) is 12.8 Å². The average molecular weight is 446 g/mol. The van der Waals surface area contributed by atoms with E-state index >= 15 is 0 Å². The zero-order chi connectivity index (χ0) is 23.3. The minimum absolute atomic E-state index is 0.408. The van der Waals surface area contributed by atoms with Crippen LogP contribution in [0.4, 0.5) is 0 Å². The summed E-state index contributed by atoms with van der Waals surface area (Å²) in [7, 11) is 0. The van der Waals surface area contributed by atoms with Gasteiger partial charge >= 0.3 is 0 Å². The topological polar surface area (TPSA) is 63.3 Å². The highest BCUT2D eigenvalue weighted by Gasteiger charge is 2.34. The number of hydrogen-bond donors (Lipinski definition) is 2. The number of benzene rings is 1. The molecule has 3 N–H and O–H groups in total. The fourth-order valence-corrected chi connectivity index (χ4v) is 4.58. The molecular formula is C29H51NO2. The Morgan fingerprint density at radius 1 is 0.656 bits per heavy atom. The van der Waals surface area contributed by atoms with Crippen molar-refractivity contribution in [1.29, 1.82) is 0 Å². The number of unbranched alkanes of at least 4 members (excludes halogenated alkanes) is 18. The van der Waals surface area contributed by atoms with Crippen LogP contribution in [0.3, 0.4) is 0 Å². The zero-order valence-electron chi connectivity index (χ0n) is 21.0. The molecule has 184 valence electrons. The Morgan fingerprint density at radius 2 is 1.00 bits per heavy atom. The molecule has 3 heteroatoms. The van der Waals surface area contributed by atoms with Gasteiger partial charge in [-0.3, -0.25) is 4.79 Å². The predicted molar refractivity (Wildman–Crippen MR) is 138 cm³/mol. The standard InChI is InChI=1S/C29H51NO2/c1-2-3-4-5-6-7-8-9-10-11-12-13-14-15-16-17-18-19-23-26-29(32,28(30)31)27-24-21-20-22-25-27/h20-22,24-25,32H,2-19,23,26H2,1H3,(H2,30,31). The van der Waals surface area contributed by atoms with Crippen molar-refractivity contribution < 1.29 is 9.90 Å². The molecule has 32 heavy (non-hydrogen) atoms. The first-order valence-corrected chi connectivity index (χ1v) is 13.7. The summed E-state index contributed by atoms with van der Waals surface area (Å²) in [4.78, 5) is 11.8. The largest absolute Gasteiger partial charge is 0.375 e. The van der Waals surface area contributed by atoms with Gasteiger partial charge in [0.1, 0.15) is 0 Å². The van der Waals surface area contributed by atoms with Gasteiger partial charge in [0, 0.05) is 0 Å². The Labute approximate surface area is 198 Å². The van der Waals surface area contributed by atoms with Crippen molar-refractivity contribution in [2.24, 2.45) is 5.73 Å². The summed E-state index contributed by atoms with van der Waals surface area (Å²) in [6.45, 7) is 2.28. The highest BCUT2D eigenvalue weighted by molar-refractivity contribution is 5.84. The van der Waals surface area contributed by atoms with Gasteiger partial charge in [0.25, 0.3) is 5.91 Å². The molecule has 0 aliphatic carbocycles. The van der Waals surface area contributed by atoms with Crippen molar-refractivity contribution in [2.45, 2.75) is 141 Å². The Morgan fingerprint density at radius 3 is 1.34 bits per heavy atom. The second-order valence-corrected chi connectivity index (χ2v) is 9.70. The summed E-state index contributed by atoms with van der Waals surface area (Å²) in [5, 5.41) is 10.7. The van der Waals surface area contributed by atoms with E-state index in [9.17, 15) is 9.90 Å². The minimum Gasteiger partial charge on any atom is -0.375 e. The van der Waals surface area contributed by atoms with E-state index in [0.29, 0.717) is 12.0 Å². The van der Waals surface area contributed by atoms with Gasteiger partial charge in [0.05, 0.1) is 0 Å². The van der Waals surface area contributed by atoms with Crippen LogP contribution in [0.1, 0.15) is 141 Å². The average Bonchev–Trinajstić information content (AvgIpc) is 2.80. The lowest BCUT2D eigenvalue weighted by molar-refractivity contribution is -0.138. The van der Waals surface area contributed by atoms with Crippen molar-refractivity contribution >= 4 is 5.91 Å². The van der Waals surface area contributed by atoms with Crippen LogP contribution in [-0.2, 0) is 10.4 Å². The maximum atomic E-state index is 11.8. The van der Waals surface area contributed by atoms with Crippen molar-refractivity contribution in [1.82, 2.24) is 0 Å². The SMILES string of the molecule is CCCCCCCCCCCCCCCCCCCCCC(O)(C(N)=O)c1ccccc1. The number of carbonyl (C=O) groups is 1. The molecule has 0 radical (unpaired) electrons. The van der Waals surface area contributed by atoms with E-state index in [-0.39, 0.29) is 0 Å². The smallest absolute Gasteiger partial charge is 0.254 e. The Hall–Kier alpha value is -1.35.